The van der Waals surface area contributed by atoms with Crippen LogP contribution in [0.3, 0.4) is 0 Å². The second-order valence-electron chi connectivity index (χ2n) is 11.9. The third-order valence-electron chi connectivity index (χ3n) is 8.87. The Balaban J connectivity index is 0.000000183. The molecule has 1 atom stereocenters. The number of allylic oxidation sites excluding steroid dienone is 2. The molecule has 4 nitrogen and oxygen atoms in total. The van der Waals surface area contributed by atoms with Crippen LogP contribution in [0.2, 0.25) is 0 Å². The summed E-state index contributed by atoms with van der Waals surface area (Å²) in [6.07, 6.45) is 7.96. The SMILES string of the molecule is C=NCC(/C=C\C)=C/C.C=NCc1ccc2c(c1)-c1ccccc1C2(c1ccccc1)c1ccccn1.C=NCc1cccc2ccccc12. The molecule has 0 spiro atoms. The molecule has 1 heterocycles. The maximum absolute atomic E-state index is 4.84. The zero-order chi connectivity index (χ0) is 35.2. The van der Waals surface area contributed by atoms with Gasteiger partial charge in [0.25, 0.3) is 0 Å². The second kappa shape index (κ2) is 17.4. The molecule has 7 rings (SSSR count). The van der Waals surface area contributed by atoms with Crippen molar-refractivity contribution in [2.45, 2.75) is 32.4 Å². The lowest BCUT2D eigenvalue weighted by Gasteiger charge is -2.32. The van der Waals surface area contributed by atoms with Crippen molar-refractivity contribution in [3.63, 3.8) is 0 Å². The van der Waals surface area contributed by atoms with E-state index in [-0.39, 0.29) is 0 Å². The van der Waals surface area contributed by atoms with Crippen LogP contribution in [-0.4, -0.2) is 31.7 Å². The van der Waals surface area contributed by atoms with Gasteiger partial charge in [0.2, 0.25) is 0 Å². The minimum absolute atomic E-state index is 0.422. The average Bonchev–Trinajstić information content (AvgIpc) is 3.47. The van der Waals surface area contributed by atoms with Crippen LogP contribution in [0.15, 0.2) is 178 Å². The van der Waals surface area contributed by atoms with Gasteiger partial charge in [0.1, 0.15) is 0 Å². The lowest BCUT2D eigenvalue weighted by atomic mass is 9.70. The van der Waals surface area contributed by atoms with Crippen molar-refractivity contribution in [2.75, 3.05) is 6.54 Å². The number of rotatable bonds is 9. The third-order valence-corrected chi connectivity index (χ3v) is 8.87. The molecule has 50 heavy (non-hydrogen) atoms. The van der Waals surface area contributed by atoms with Crippen molar-refractivity contribution in [3.8, 4) is 11.1 Å². The van der Waals surface area contributed by atoms with E-state index in [9.17, 15) is 0 Å². The molecule has 0 saturated carbocycles. The van der Waals surface area contributed by atoms with Crippen LogP contribution in [0.5, 0.6) is 0 Å². The summed E-state index contributed by atoms with van der Waals surface area (Å²) in [6, 6.07) is 46.8. The zero-order valence-corrected chi connectivity index (χ0v) is 29.0. The number of hydrogen-bond donors (Lipinski definition) is 0. The smallest absolute Gasteiger partial charge is 0.0885 e. The highest BCUT2D eigenvalue weighted by molar-refractivity contribution is 5.87. The van der Waals surface area contributed by atoms with Crippen molar-refractivity contribution >= 4 is 30.9 Å². The van der Waals surface area contributed by atoms with Crippen LogP contribution in [0.1, 0.15) is 47.4 Å². The first-order valence-corrected chi connectivity index (χ1v) is 16.8. The fraction of sp³-hybridized carbons (Fsp3) is 0.130. The van der Waals surface area contributed by atoms with Gasteiger partial charge in [-0.1, -0.05) is 133 Å². The number of aliphatic imine (C=N–C) groups is 3. The van der Waals surface area contributed by atoms with Gasteiger partial charge in [0, 0.05) is 6.20 Å². The highest BCUT2D eigenvalue weighted by atomic mass is 14.7. The van der Waals surface area contributed by atoms with Crippen molar-refractivity contribution < 1.29 is 0 Å². The van der Waals surface area contributed by atoms with Gasteiger partial charge >= 0.3 is 0 Å². The van der Waals surface area contributed by atoms with E-state index in [1.165, 1.54) is 55.3 Å². The zero-order valence-electron chi connectivity index (χ0n) is 29.0. The number of hydrogen-bond acceptors (Lipinski definition) is 4. The van der Waals surface area contributed by atoms with Gasteiger partial charge in [-0.25, -0.2) is 0 Å². The van der Waals surface area contributed by atoms with E-state index in [2.05, 4.69) is 156 Å². The number of pyridine rings is 1. The van der Waals surface area contributed by atoms with Crippen molar-refractivity contribution in [1.82, 2.24) is 4.98 Å². The lowest BCUT2D eigenvalue weighted by Crippen LogP contribution is -2.29. The molecule has 0 N–H and O–H groups in total. The molecule has 0 aliphatic heterocycles. The number of fused-ring (bicyclic) bond motifs is 4. The summed E-state index contributed by atoms with van der Waals surface area (Å²) in [5, 5.41) is 2.54. The number of nitrogens with zero attached hydrogens (tertiary/aromatic N) is 4. The standard InChI is InChI=1S/C26H20N2.C12H11N.C8H13N/c1-27-18-19-14-15-24-22(17-19)21-11-5-6-12-23(21)26(24,20-9-3-2-4-10-20)25-13-7-8-16-28-25;1-13-9-11-7-4-6-10-5-2-3-8-12(10)11;1-4-6-8(5-2)7-9-3/h2-17H,1,18H2;2-8H,1,9H2;4-6H,3,7H2,1-2H3/b;;6-4-,8-5+. The number of benzene rings is 5. The Morgan fingerprint density at radius 3 is 2.08 bits per heavy atom. The first kappa shape index (κ1) is 35.3. The van der Waals surface area contributed by atoms with E-state index in [1.54, 1.807) is 0 Å². The van der Waals surface area contributed by atoms with Gasteiger partial charge in [-0.2, -0.15) is 0 Å². The lowest BCUT2D eigenvalue weighted by molar-refractivity contribution is 0.734. The Morgan fingerprint density at radius 1 is 0.660 bits per heavy atom. The van der Waals surface area contributed by atoms with Crippen LogP contribution in [-0.2, 0) is 18.5 Å². The van der Waals surface area contributed by atoms with E-state index in [1.807, 2.05) is 50.4 Å². The fourth-order valence-corrected chi connectivity index (χ4v) is 6.70. The molecule has 0 radical (unpaired) electrons. The summed E-state index contributed by atoms with van der Waals surface area (Å²) in [7, 11) is 0. The molecule has 1 unspecified atom stereocenters. The minimum Gasteiger partial charge on any atom is -0.296 e. The predicted octanol–water partition coefficient (Wildman–Crippen LogP) is 10.9. The van der Waals surface area contributed by atoms with Gasteiger partial charge in [-0.05, 0) is 107 Å². The quantitative estimate of drug-likeness (QED) is 0.113. The largest absolute Gasteiger partial charge is 0.296 e. The van der Waals surface area contributed by atoms with Gasteiger partial charge in [0.15, 0.2) is 0 Å². The molecular weight excluding hydrogens is 609 g/mol. The summed E-state index contributed by atoms with van der Waals surface area (Å²) in [6.45, 7) is 16.6. The van der Waals surface area contributed by atoms with Crippen molar-refractivity contribution in [1.29, 1.82) is 0 Å². The normalized spacial score (nSPS) is 14.4. The molecule has 1 aliphatic carbocycles. The average molecular weight is 653 g/mol. The van der Waals surface area contributed by atoms with E-state index >= 15 is 0 Å². The molecule has 248 valence electrons. The predicted molar refractivity (Wildman–Crippen MR) is 215 cm³/mol. The summed E-state index contributed by atoms with van der Waals surface area (Å²) >= 11 is 0. The maximum atomic E-state index is 4.84. The highest BCUT2D eigenvalue weighted by Gasteiger charge is 2.46. The van der Waals surface area contributed by atoms with Crippen LogP contribution in [0.25, 0.3) is 21.9 Å². The van der Waals surface area contributed by atoms with Gasteiger partial charge < -0.3 is 0 Å². The van der Waals surface area contributed by atoms with Crippen LogP contribution in [0.4, 0.5) is 0 Å². The molecule has 5 aromatic carbocycles. The van der Waals surface area contributed by atoms with E-state index in [0.29, 0.717) is 13.1 Å². The highest BCUT2D eigenvalue weighted by Crippen LogP contribution is 2.55. The molecule has 6 aromatic rings. The summed E-state index contributed by atoms with van der Waals surface area (Å²) in [5.74, 6) is 0. The molecular formula is C46H44N4. The van der Waals surface area contributed by atoms with E-state index in [0.717, 1.165) is 12.2 Å². The summed E-state index contributed by atoms with van der Waals surface area (Å²) in [5.41, 5.74) is 10.5. The van der Waals surface area contributed by atoms with Crippen LogP contribution < -0.4 is 0 Å². The second-order valence-corrected chi connectivity index (χ2v) is 11.9. The Labute approximate surface area is 297 Å². The van der Waals surface area contributed by atoms with Crippen molar-refractivity contribution in [2.24, 2.45) is 15.0 Å². The Kier molecular flexibility index (Phi) is 12.3. The van der Waals surface area contributed by atoms with E-state index in [4.69, 9.17) is 4.98 Å². The van der Waals surface area contributed by atoms with E-state index < -0.39 is 5.41 Å². The third kappa shape index (κ3) is 7.50. The maximum Gasteiger partial charge on any atom is 0.0885 e. The summed E-state index contributed by atoms with van der Waals surface area (Å²) < 4.78 is 0. The molecule has 0 amide bonds. The topological polar surface area (TPSA) is 50.0 Å². The molecule has 1 aliphatic rings. The Hall–Kier alpha value is -6.00. The van der Waals surface area contributed by atoms with Crippen LogP contribution in [0, 0.1) is 0 Å². The Bertz CT molecular complexity index is 2070. The van der Waals surface area contributed by atoms with Gasteiger partial charge in [-0.15, -0.1) is 0 Å². The van der Waals surface area contributed by atoms with Gasteiger partial charge in [-0.3, -0.25) is 20.0 Å². The van der Waals surface area contributed by atoms with Crippen molar-refractivity contribution in [3.05, 3.63) is 197 Å². The minimum atomic E-state index is -0.422. The Morgan fingerprint density at radius 2 is 1.36 bits per heavy atom. The van der Waals surface area contributed by atoms with Crippen LogP contribution >= 0.6 is 0 Å². The molecule has 0 saturated heterocycles. The first-order valence-electron chi connectivity index (χ1n) is 16.8. The summed E-state index contributed by atoms with van der Waals surface area (Å²) in [4.78, 5) is 16.6. The number of aromatic nitrogens is 1. The van der Waals surface area contributed by atoms with Gasteiger partial charge in [0.05, 0.1) is 30.7 Å². The monoisotopic (exact) mass is 652 g/mol. The molecule has 0 fully saturated rings. The molecule has 0 bridgehead atoms. The molecule has 1 aromatic heterocycles. The first-order chi connectivity index (χ1) is 24.6. The molecule has 4 heteroatoms. The fourth-order valence-electron chi connectivity index (χ4n) is 6.70.